The lowest BCUT2D eigenvalue weighted by Crippen LogP contribution is -2.66. The Morgan fingerprint density at radius 2 is 0.986 bits per heavy atom. The Morgan fingerprint density at radius 3 is 1.49 bits per heavy atom. The Bertz CT molecular complexity index is 1910. The largest absolute Gasteiger partial charge is 0.472 e. The molecule has 1 aliphatic rings. The molecule has 4 aromatic carbocycles. The minimum atomic E-state index is -4.95. The molecule has 1 amide bonds. The summed E-state index contributed by atoms with van der Waals surface area (Å²) in [4.78, 5) is 23.4. The fourth-order valence-corrected chi connectivity index (χ4v) is 8.97. The van der Waals surface area contributed by atoms with E-state index in [1.165, 1.54) is 6.42 Å². The Kier molecular flexibility index (Phi) is 26.6. The van der Waals surface area contributed by atoms with E-state index in [1.54, 1.807) is 0 Å². The number of hydrogen-bond acceptors (Lipinski definition) is 12. The lowest BCUT2D eigenvalue weighted by molar-refractivity contribution is -0.258. The number of aliphatic hydroxyl groups excluding tert-OH is 2. The Labute approximate surface area is 409 Å². The van der Waals surface area contributed by atoms with Crippen molar-refractivity contribution in [2.24, 2.45) is 0 Å². The van der Waals surface area contributed by atoms with Crippen LogP contribution in [0.15, 0.2) is 121 Å². The van der Waals surface area contributed by atoms with Crippen LogP contribution in [-0.4, -0.2) is 96.9 Å². The molecule has 0 aliphatic heterocycles. The molecular weight excluding hydrogens is 902 g/mol. The second kappa shape index (κ2) is 32.8. The van der Waals surface area contributed by atoms with Gasteiger partial charge in [-0.15, -0.1) is 0 Å². The number of carbonyl (C=O) groups is 1. The monoisotopic (exact) mass is 978 g/mol. The number of ether oxygens (including phenoxy) is 6. The van der Waals surface area contributed by atoms with Crippen molar-refractivity contribution in [1.82, 2.24) is 5.32 Å². The molecular formula is C54H76NO13P. The molecule has 3 unspecified atom stereocenters. The minimum absolute atomic E-state index is 0.0169. The second-order valence-corrected chi connectivity index (χ2v) is 19.0. The fourth-order valence-electron chi connectivity index (χ4n) is 8.01. The molecule has 380 valence electrons. The van der Waals surface area contributed by atoms with E-state index >= 15 is 0 Å². The van der Waals surface area contributed by atoms with Gasteiger partial charge in [0.05, 0.1) is 33.0 Å². The van der Waals surface area contributed by atoms with Crippen molar-refractivity contribution >= 4 is 13.9 Å². The van der Waals surface area contributed by atoms with Crippen LogP contribution in [0.2, 0.25) is 0 Å². The van der Waals surface area contributed by atoms with Gasteiger partial charge in [0.15, 0.2) is 0 Å². The Hall–Kier alpha value is -4.02. The number of phosphoric acid groups is 1. The molecule has 0 radical (unpaired) electrons. The van der Waals surface area contributed by atoms with Crippen LogP contribution in [0.3, 0.4) is 0 Å². The molecule has 4 N–H and O–H groups in total. The van der Waals surface area contributed by atoms with Gasteiger partial charge in [-0.05, 0) is 41.5 Å². The van der Waals surface area contributed by atoms with Gasteiger partial charge in [0.2, 0.25) is 0 Å². The van der Waals surface area contributed by atoms with Gasteiger partial charge in [-0.3, -0.25) is 9.05 Å². The summed E-state index contributed by atoms with van der Waals surface area (Å²) in [5.41, 5.74) is 3.34. The molecule has 0 bridgehead atoms. The first-order valence-corrected chi connectivity index (χ1v) is 26.3. The molecule has 15 heteroatoms. The molecule has 8 atom stereocenters. The topological polar surface area (TPSA) is 181 Å². The van der Waals surface area contributed by atoms with Crippen LogP contribution >= 0.6 is 7.82 Å². The summed E-state index contributed by atoms with van der Waals surface area (Å²) in [5, 5.41) is 26.6. The number of nitrogens with one attached hydrogen (secondary N) is 1. The standard InChI is InChI=1S/C54H76NO13P/c1-2-3-4-5-10-25-36-62-47(41-61-35-24-9-7-6-8-23-34-55-54(58)66-40-46-32-21-14-22-33-46)42-67-69(59,60)68-53-51(64-38-44-28-17-12-18-29-44)48(56)50(63-37-43-26-15-11-16-27-43)49(57)52(53)65-39-45-30-19-13-20-31-45/h11-22,26-33,47-53,56-57H,2-10,23-25,34-42H2,1H3,(H,55,58)(H,59,60)/t47-,48-,49+,50?,51-,52-,53?/m1/s1. The highest BCUT2D eigenvalue weighted by atomic mass is 31.2. The molecule has 1 fully saturated rings. The Balaban J connectivity index is 1.16. The van der Waals surface area contributed by atoms with E-state index < -0.39 is 56.6 Å². The predicted molar refractivity (Wildman–Crippen MR) is 264 cm³/mol. The maximum atomic E-state index is 14.0. The van der Waals surface area contributed by atoms with Crippen LogP contribution < -0.4 is 5.32 Å². The van der Waals surface area contributed by atoms with E-state index in [2.05, 4.69) is 12.2 Å². The van der Waals surface area contributed by atoms with E-state index in [0.717, 1.165) is 92.9 Å². The molecule has 0 spiro atoms. The van der Waals surface area contributed by atoms with E-state index in [-0.39, 0.29) is 39.6 Å². The predicted octanol–water partition coefficient (Wildman–Crippen LogP) is 10.0. The van der Waals surface area contributed by atoms with Crippen LogP contribution in [0.25, 0.3) is 0 Å². The maximum absolute atomic E-state index is 14.0. The molecule has 5 rings (SSSR count). The summed E-state index contributed by atoms with van der Waals surface area (Å²) in [7, 11) is -4.95. The third-order valence-corrected chi connectivity index (χ3v) is 12.9. The number of carbonyl (C=O) groups excluding carboxylic acids is 1. The van der Waals surface area contributed by atoms with E-state index in [1.807, 2.05) is 121 Å². The van der Waals surface area contributed by atoms with Crippen molar-refractivity contribution in [3.05, 3.63) is 144 Å². The first-order valence-electron chi connectivity index (χ1n) is 24.8. The van der Waals surface area contributed by atoms with Gasteiger partial charge in [0.25, 0.3) is 0 Å². The van der Waals surface area contributed by atoms with Crippen LogP contribution in [0, 0.1) is 0 Å². The van der Waals surface area contributed by atoms with E-state index in [9.17, 15) is 24.5 Å². The molecule has 1 aliphatic carbocycles. The number of aliphatic hydroxyl groups is 2. The number of hydrogen-bond donors (Lipinski definition) is 4. The number of phosphoric ester groups is 1. The highest BCUT2D eigenvalue weighted by molar-refractivity contribution is 7.47. The van der Waals surface area contributed by atoms with Crippen molar-refractivity contribution < 1.29 is 61.9 Å². The maximum Gasteiger partial charge on any atom is 0.472 e. The molecule has 1 saturated carbocycles. The van der Waals surface area contributed by atoms with E-state index in [4.69, 9.17) is 37.5 Å². The van der Waals surface area contributed by atoms with Gasteiger partial charge >= 0.3 is 13.9 Å². The van der Waals surface area contributed by atoms with Crippen molar-refractivity contribution in [2.45, 2.75) is 153 Å². The number of benzene rings is 4. The van der Waals surface area contributed by atoms with Gasteiger partial charge < -0.3 is 48.8 Å². The zero-order valence-corrected chi connectivity index (χ0v) is 41.2. The summed E-state index contributed by atoms with van der Waals surface area (Å²) >= 11 is 0. The van der Waals surface area contributed by atoms with Crippen molar-refractivity contribution in [3.63, 3.8) is 0 Å². The third-order valence-electron chi connectivity index (χ3n) is 11.9. The van der Waals surface area contributed by atoms with Gasteiger partial charge in [-0.25, -0.2) is 9.36 Å². The number of rotatable bonds is 35. The first kappa shape index (κ1) is 55.9. The molecule has 0 aromatic heterocycles. The number of alkyl carbamates (subject to hydrolysis) is 1. The lowest BCUT2D eigenvalue weighted by atomic mass is 9.84. The quantitative estimate of drug-likeness (QED) is 0.0253. The number of unbranched alkanes of at least 4 members (excludes halogenated alkanes) is 10. The zero-order valence-electron chi connectivity index (χ0n) is 40.3. The zero-order chi connectivity index (χ0) is 48.8. The average Bonchev–Trinajstić information content (AvgIpc) is 3.37. The fraction of sp³-hybridized carbons (Fsp3) is 0.537. The van der Waals surface area contributed by atoms with Crippen LogP contribution in [0.4, 0.5) is 4.79 Å². The van der Waals surface area contributed by atoms with Crippen LogP contribution in [0.5, 0.6) is 0 Å². The van der Waals surface area contributed by atoms with Gasteiger partial charge in [0, 0.05) is 19.8 Å². The van der Waals surface area contributed by atoms with Crippen molar-refractivity contribution in [1.29, 1.82) is 0 Å². The summed E-state index contributed by atoms with van der Waals surface area (Å²) in [6, 6.07) is 37.5. The van der Waals surface area contributed by atoms with Gasteiger partial charge in [0.1, 0.15) is 49.3 Å². The minimum Gasteiger partial charge on any atom is -0.445 e. The summed E-state index contributed by atoms with van der Waals surface area (Å²) in [6.07, 6.45) is 2.72. The molecule has 0 saturated heterocycles. The van der Waals surface area contributed by atoms with E-state index in [0.29, 0.717) is 19.8 Å². The second-order valence-electron chi connectivity index (χ2n) is 17.5. The Morgan fingerprint density at radius 1 is 0.551 bits per heavy atom. The molecule has 4 aromatic rings. The SMILES string of the molecule is CCCCCCCCO[C@H](COCCCCCCCCNC(=O)OCc1ccccc1)COP(=O)(O)OC1[C@H](OCc2ccccc2)[C@H](O)C(OCc2ccccc2)[C@H](O)[C@H]1OCc1ccccc1. The number of amides is 1. The summed E-state index contributed by atoms with van der Waals surface area (Å²) in [6.45, 7) is 3.81. The molecule has 14 nitrogen and oxygen atoms in total. The van der Waals surface area contributed by atoms with Crippen molar-refractivity contribution in [3.8, 4) is 0 Å². The van der Waals surface area contributed by atoms with Crippen LogP contribution in [0.1, 0.15) is 106 Å². The van der Waals surface area contributed by atoms with Gasteiger partial charge in [-0.2, -0.15) is 0 Å². The highest BCUT2D eigenvalue weighted by Crippen LogP contribution is 2.48. The normalized spacial score (nSPS) is 20.5. The highest BCUT2D eigenvalue weighted by Gasteiger charge is 2.55. The van der Waals surface area contributed by atoms with Crippen molar-refractivity contribution in [2.75, 3.05) is 33.0 Å². The average molecular weight is 978 g/mol. The van der Waals surface area contributed by atoms with Crippen LogP contribution in [-0.2, 0) is 68.5 Å². The third kappa shape index (κ3) is 21.9. The lowest BCUT2D eigenvalue weighted by Gasteiger charge is -2.46. The first-order chi connectivity index (χ1) is 33.7. The smallest absolute Gasteiger partial charge is 0.445 e. The molecule has 0 heterocycles. The van der Waals surface area contributed by atoms with Gasteiger partial charge in [-0.1, -0.05) is 186 Å². The molecule has 69 heavy (non-hydrogen) atoms. The summed E-state index contributed by atoms with van der Waals surface area (Å²) < 4.78 is 62.0. The summed E-state index contributed by atoms with van der Waals surface area (Å²) in [5.74, 6) is 0.